The molecule has 1 aliphatic heterocycles. The van der Waals surface area contributed by atoms with Crippen LogP contribution in [0.5, 0.6) is 0 Å². The Bertz CT molecular complexity index is 636. The van der Waals surface area contributed by atoms with Gasteiger partial charge < -0.3 is 0 Å². The van der Waals surface area contributed by atoms with E-state index >= 15 is 0 Å². The maximum atomic E-state index is 12.7. The molecule has 0 radical (unpaired) electrons. The Morgan fingerprint density at radius 3 is 2.80 bits per heavy atom. The fourth-order valence-corrected chi connectivity index (χ4v) is 4.32. The van der Waals surface area contributed by atoms with Crippen LogP contribution in [0.15, 0.2) is 34.2 Å². The molecule has 2 rings (SSSR count). The summed E-state index contributed by atoms with van der Waals surface area (Å²) in [6.07, 6.45) is 2.49. The van der Waals surface area contributed by atoms with Crippen LogP contribution in [0.1, 0.15) is 25.3 Å². The Morgan fingerprint density at radius 1 is 1.40 bits per heavy atom. The molecule has 20 heavy (non-hydrogen) atoms. The second-order valence-electron chi connectivity index (χ2n) is 5.19. The van der Waals surface area contributed by atoms with Crippen LogP contribution in [-0.2, 0) is 14.8 Å². The predicted octanol–water partition coefficient (Wildman–Crippen LogP) is 2.08. The number of carbonyl (C=O) groups excluding carboxylic acids is 1. The molecule has 0 bridgehead atoms. The topological polar surface area (TPSA) is 66.8 Å². The van der Waals surface area contributed by atoms with Gasteiger partial charge in [-0.05, 0) is 43.4 Å². The average Bonchev–Trinajstić information content (AvgIpc) is 2.41. The molecule has 2 atom stereocenters. The summed E-state index contributed by atoms with van der Waals surface area (Å²) in [6, 6.07) is 6.77. The zero-order valence-electron chi connectivity index (χ0n) is 11.6. The molecule has 1 aromatic carbocycles. The summed E-state index contributed by atoms with van der Waals surface area (Å²) in [5, 5.41) is 0. The van der Waals surface area contributed by atoms with E-state index in [-0.39, 0.29) is 10.8 Å². The number of nitrogens with zero attached hydrogens (tertiary/aromatic N) is 2. The van der Waals surface area contributed by atoms with Crippen LogP contribution in [0.25, 0.3) is 0 Å². The monoisotopic (exact) mass is 294 g/mol. The second-order valence-corrected chi connectivity index (χ2v) is 7.08. The highest BCUT2D eigenvalue weighted by Crippen LogP contribution is 2.29. The Morgan fingerprint density at radius 2 is 2.15 bits per heavy atom. The molecule has 1 aliphatic rings. The van der Waals surface area contributed by atoms with Gasteiger partial charge >= 0.3 is 0 Å². The Labute approximate surface area is 119 Å². The molecule has 108 valence electrons. The van der Waals surface area contributed by atoms with Crippen molar-refractivity contribution in [3.05, 3.63) is 29.8 Å². The van der Waals surface area contributed by atoms with Gasteiger partial charge in [-0.25, -0.2) is 13.2 Å². The van der Waals surface area contributed by atoms with E-state index in [1.54, 1.807) is 18.2 Å². The van der Waals surface area contributed by atoms with E-state index in [9.17, 15) is 13.2 Å². The van der Waals surface area contributed by atoms with Crippen LogP contribution in [0.4, 0.5) is 0 Å². The van der Waals surface area contributed by atoms with Gasteiger partial charge in [-0.3, -0.25) is 0 Å². The first kappa shape index (κ1) is 14.9. The number of isocyanates is 1. The van der Waals surface area contributed by atoms with E-state index < -0.39 is 16.2 Å². The third kappa shape index (κ3) is 2.82. The molecule has 0 spiro atoms. The van der Waals surface area contributed by atoms with Gasteiger partial charge in [-0.2, -0.15) is 9.30 Å². The largest absolute Gasteiger partial charge is 0.244 e. The molecule has 6 heteroatoms. The van der Waals surface area contributed by atoms with Gasteiger partial charge in [0.15, 0.2) is 0 Å². The lowest BCUT2D eigenvalue weighted by atomic mass is 9.98. The fraction of sp³-hybridized carbons (Fsp3) is 0.500. The van der Waals surface area contributed by atoms with Crippen molar-refractivity contribution in [3.63, 3.8) is 0 Å². The maximum absolute atomic E-state index is 12.7. The van der Waals surface area contributed by atoms with E-state index in [0.717, 1.165) is 18.4 Å². The van der Waals surface area contributed by atoms with E-state index in [1.807, 2.05) is 19.9 Å². The standard InChI is InChI=1S/C14H18N2O3S/c1-11-5-3-7-13(9-11)20(18,19)16-8-4-6-12(2)14(16)15-10-17/h3,5,7,9,12,14H,4,6,8H2,1-2H3. The summed E-state index contributed by atoms with van der Waals surface area (Å²) in [5.74, 6) is 0.0183. The van der Waals surface area contributed by atoms with E-state index in [1.165, 1.54) is 10.4 Å². The molecule has 0 aromatic heterocycles. The zero-order valence-corrected chi connectivity index (χ0v) is 12.4. The zero-order chi connectivity index (χ0) is 14.8. The summed E-state index contributed by atoms with van der Waals surface area (Å²) < 4.78 is 26.7. The van der Waals surface area contributed by atoms with Crippen LogP contribution in [-0.4, -0.2) is 31.5 Å². The first-order valence-electron chi connectivity index (χ1n) is 6.62. The van der Waals surface area contributed by atoms with E-state index in [2.05, 4.69) is 4.99 Å². The molecular formula is C14H18N2O3S. The predicted molar refractivity (Wildman–Crippen MR) is 75.4 cm³/mol. The molecule has 1 heterocycles. The van der Waals surface area contributed by atoms with Gasteiger partial charge in [0.25, 0.3) is 0 Å². The lowest BCUT2D eigenvalue weighted by Gasteiger charge is -2.35. The summed E-state index contributed by atoms with van der Waals surface area (Å²) in [6.45, 7) is 4.14. The minimum Gasteiger partial charge on any atom is -0.211 e. The summed E-state index contributed by atoms with van der Waals surface area (Å²) >= 11 is 0. The van der Waals surface area contributed by atoms with Crippen molar-refractivity contribution < 1.29 is 13.2 Å². The number of rotatable bonds is 3. The number of aliphatic imine (C=N–C) groups is 1. The number of hydrogen-bond donors (Lipinski definition) is 0. The summed E-state index contributed by atoms with van der Waals surface area (Å²) in [7, 11) is -3.63. The van der Waals surface area contributed by atoms with Crippen LogP contribution in [0.2, 0.25) is 0 Å². The fourth-order valence-electron chi connectivity index (χ4n) is 2.55. The molecule has 1 saturated heterocycles. The van der Waals surface area contributed by atoms with Gasteiger partial charge in [0.2, 0.25) is 16.1 Å². The van der Waals surface area contributed by atoms with E-state index in [4.69, 9.17) is 0 Å². The summed E-state index contributed by atoms with van der Waals surface area (Å²) in [5.41, 5.74) is 0.881. The third-order valence-electron chi connectivity index (χ3n) is 3.62. The van der Waals surface area contributed by atoms with Crippen molar-refractivity contribution in [2.45, 2.75) is 37.8 Å². The first-order valence-corrected chi connectivity index (χ1v) is 8.06. The molecule has 0 amide bonds. The Balaban J connectivity index is 2.43. The maximum Gasteiger partial charge on any atom is 0.244 e. The smallest absolute Gasteiger partial charge is 0.211 e. The van der Waals surface area contributed by atoms with Crippen molar-refractivity contribution in [1.82, 2.24) is 4.31 Å². The number of aryl methyl sites for hydroxylation is 1. The minimum atomic E-state index is -3.63. The van der Waals surface area contributed by atoms with Crippen LogP contribution < -0.4 is 0 Å². The van der Waals surface area contributed by atoms with Crippen molar-refractivity contribution in [2.75, 3.05) is 6.54 Å². The lowest BCUT2D eigenvalue weighted by molar-refractivity contribution is 0.194. The van der Waals surface area contributed by atoms with Crippen LogP contribution in [0, 0.1) is 12.8 Å². The second kappa shape index (κ2) is 5.87. The SMILES string of the molecule is Cc1cccc(S(=O)(=O)N2CCCC(C)C2N=C=O)c1. The summed E-state index contributed by atoms with van der Waals surface area (Å²) in [4.78, 5) is 14.5. The van der Waals surface area contributed by atoms with Crippen LogP contribution >= 0.6 is 0 Å². The van der Waals surface area contributed by atoms with E-state index in [0.29, 0.717) is 6.54 Å². The van der Waals surface area contributed by atoms with Gasteiger partial charge in [0, 0.05) is 6.54 Å². The molecule has 1 aromatic rings. The lowest BCUT2D eigenvalue weighted by Crippen LogP contribution is -2.46. The molecule has 0 saturated carbocycles. The van der Waals surface area contributed by atoms with Crippen molar-refractivity contribution in [2.24, 2.45) is 10.9 Å². The van der Waals surface area contributed by atoms with Crippen molar-refractivity contribution in [3.8, 4) is 0 Å². The molecule has 0 N–H and O–H groups in total. The molecule has 0 aliphatic carbocycles. The first-order chi connectivity index (χ1) is 9.46. The van der Waals surface area contributed by atoms with Crippen molar-refractivity contribution in [1.29, 1.82) is 0 Å². The van der Waals surface area contributed by atoms with Crippen LogP contribution in [0.3, 0.4) is 0 Å². The number of piperidine rings is 1. The Hall–Kier alpha value is -1.49. The highest BCUT2D eigenvalue weighted by Gasteiger charge is 2.37. The van der Waals surface area contributed by atoms with Gasteiger partial charge in [0.1, 0.15) is 6.17 Å². The molecule has 5 nitrogen and oxygen atoms in total. The highest BCUT2D eigenvalue weighted by atomic mass is 32.2. The average molecular weight is 294 g/mol. The normalized spacial score (nSPS) is 24.1. The van der Waals surface area contributed by atoms with Gasteiger partial charge in [-0.15, -0.1) is 0 Å². The molecular weight excluding hydrogens is 276 g/mol. The van der Waals surface area contributed by atoms with Gasteiger partial charge in [-0.1, -0.05) is 19.1 Å². The Kier molecular flexibility index (Phi) is 4.38. The number of hydrogen-bond acceptors (Lipinski definition) is 4. The minimum absolute atomic E-state index is 0.0183. The quantitative estimate of drug-likeness (QED) is 0.633. The highest BCUT2D eigenvalue weighted by molar-refractivity contribution is 7.89. The molecule has 1 fully saturated rings. The molecule has 2 unspecified atom stereocenters. The number of benzene rings is 1. The number of sulfonamides is 1. The third-order valence-corrected chi connectivity index (χ3v) is 5.49. The van der Waals surface area contributed by atoms with Crippen molar-refractivity contribution >= 4 is 16.1 Å². The van der Waals surface area contributed by atoms with Gasteiger partial charge in [0.05, 0.1) is 4.90 Å².